The number of allylic oxidation sites excluding steroid dienone is 4. The fraction of sp³-hybridized carbons (Fsp3) is 0.231. The van der Waals surface area contributed by atoms with Gasteiger partial charge in [0, 0.05) is 42.8 Å². The van der Waals surface area contributed by atoms with Gasteiger partial charge >= 0.3 is 0 Å². The largest absolute Gasteiger partial charge is 0.139 e. The molecule has 0 spiro atoms. The molecule has 2 heterocycles. The van der Waals surface area contributed by atoms with Crippen molar-refractivity contribution in [2.45, 2.75) is 40.5 Å². The second-order valence-corrected chi connectivity index (χ2v) is 10.2. The van der Waals surface area contributed by atoms with Gasteiger partial charge in [-0.05, 0) is 62.1 Å². The van der Waals surface area contributed by atoms with Crippen molar-refractivity contribution in [3.05, 3.63) is 80.6 Å². The van der Waals surface area contributed by atoms with E-state index < -0.39 is 0 Å². The third-order valence-electron chi connectivity index (χ3n) is 6.22. The molecule has 0 aliphatic heterocycles. The van der Waals surface area contributed by atoms with Gasteiger partial charge in [0.2, 0.25) is 0 Å². The van der Waals surface area contributed by atoms with Crippen LogP contribution < -0.4 is 0 Å². The monoisotopic (exact) mass is 400 g/mol. The first kappa shape index (κ1) is 17.9. The number of thiophene rings is 2. The molecule has 0 atom stereocenters. The summed E-state index contributed by atoms with van der Waals surface area (Å²) in [6, 6.07) is 17.5. The van der Waals surface area contributed by atoms with E-state index in [1.165, 1.54) is 66.4 Å². The summed E-state index contributed by atoms with van der Waals surface area (Å²) in [4.78, 5) is 3.11. The Balaban J connectivity index is 0.000000122. The van der Waals surface area contributed by atoms with E-state index >= 15 is 0 Å². The summed E-state index contributed by atoms with van der Waals surface area (Å²) in [5.74, 6) is 0. The molecule has 2 aliphatic rings. The van der Waals surface area contributed by atoms with E-state index in [2.05, 4.69) is 76.2 Å². The lowest BCUT2D eigenvalue weighted by Gasteiger charge is -1.97. The van der Waals surface area contributed by atoms with Gasteiger partial charge < -0.3 is 0 Å². The fourth-order valence-electron chi connectivity index (χ4n) is 4.44. The molecule has 0 radical (unpaired) electrons. The molecule has 6 rings (SSSR count). The zero-order valence-electron chi connectivity index (χ0n) is 16.8. The SMILES string of the molecule is CC1=C(C)c2c(sc3ccccc23)C1.CC1=C(C)c2c(sc3ccccc23)C1. The van der Waals surface area contributed by atoms with Gasteiger partial charge in [0.05, 0.1) is 0 Å². The van der Waals surface area contributed by atoms with Gasteiger partial charge in [0.15, 0.2) is 0 Å². The normalized spacial score (nSPS) is 15.3. The molecule has 2 aromatic heterocycles. The van der Waals surface area contributed by atoms with Crippen molar-refractivity contribution in [2.75, 3.05) is 0 Å². The highest BCUT2D eigenvalue weighted by Gasteiger charge is 2.21. The highest BCUT2D eigenvalue weighted by Crippen LogP contribution is 2.43. The molecule has 0 fully saturated rings. The number of hydrogen-bond donors (Lipinski definition) is 0. The maximum atomic E-state index is 2.25. The zero-order chi connectivity index (χ0) is 19.4. The Kier molecular flexibility index (Phi) is 4.30. The van der Waals surface area contributed by atoms with Gasteiger partial charge in [-0.15, -0.1) is 22.7 Å². The molecule has 28 heavy (non-hydrogen) atoms. The molecule has 2 heteroatoms. The van der Waals surface area contributed by atoms with Gasteiger partial charge in [-0.3, -0.25) is 0 Å². The maximum Gasteiger partial charge on any atom is 0.0352 e. The summed E-state index contributed by atoms with van der Waals surface area (Å²) >= 11 is 3.90. The first-order valence-electron chi connectivity index (χ1n) is 9.89. The molecule has 0 saturated heterocycles. The third-order valence-corrected chi connectivity index (χ3v) is 8.56. The summed E-state index contributed by atoms with van der Waals surface area (Å²) in [6.45, 7) is 8.99. The Morgan fingerprint density at radius 3 is 1.39 bits per heavy atom. The molecule has 4 aromatic rings. The van der Waals surface area contributed by atoms with E-state index in [0.29, 0.717) is 0 Å². The predicted octanol–water partition coefficient (Wildman–Crippen LogP) is 8.50. The van der Waals surface area contributed by atoms with Crippen LogP contribution in [0.3, 0.4) is 0 Å². The minimum atomic E-state index is 1.17. The molecule has 0 N–H and O–H groups in total. The zero-order valence-corrected chi connectivity index (χ0v) is 18.5. The second kappa shape index (κ2) is 6.72. The van der Waals surface area contributed by atoms with Crippen molar-refractivity contribution in [3.8, 4) is 0 Å². The van der Waals surface area contributed by atoms with E-state index in [0.717, 1.165) is 0 Å². The molecule has 0 nitrogen and oxygen atoms in total. The average molecular weight is 401 g/mol. The van der Waals surface area contributed by atoms with Crippen molar-refractivity contribution in [1.82, 2.24) is 0 Å². The second-order valence-electron chi connectivity index (χ2n) is 7.96. The fourth-order valence-corrected chi connectivity index (χ4v) is 7.13. The van der Waals surface area contributed by atoms with Crippen LogP contribution in [-0.4, -0.2) is 0 Å². The summed E-state index contributed by atoms with van der Waals surface area (Å²) in [6.07, 6.45) is 2.33. The molecule has 0 unspecified atom stereocenters. The van der Waals surface area contributed by atoms with Crippen LogP contribution in [0, 0.1) is 0 Å². The van der Waals surface area contributed by atoms with Crippen molar-refractivity contribution >= 4 is 54.0 Å². The molecular weight excluding hydrogens is 376 g/mol. The molecular formula is C26H24S2. The lowest BCUT2D eigenvalue weighted by Crippen LogP contribution is -1.74. The summed E-state index contributed by atoms with van der Waals surface area (Å²) < 4.78 is 2.87. The summed E-state index contributed by atoms with van der Waals surface area (Å²) in [5, 5.41) is 2.89. The number of rotatable bonds is 0. The van der Waals surface area contributed by atoms with Gasteiger partial charge in [-0.25, -0.2) is 0 Å². The molecule has 2 aliphatic carbocycles. The van der Waals surface area contributed by atoms with Gasteiger partial charge in [-0.1, -0.05) is 47.5 Å². The standard InChI is InChI=1S/2C13H12S/c2*1-8-7-12-13(9(8)2)10-5-3-4-6-11(10)14-12/h2*3-6H,7H2,1-2H3. The molecule has 0 amide bonds. The molecule has 2 aromatic carbocycles. The van der Waals surface area contributed by atoms with Crippen molar-refractivity contribution in [3.63, 3.8) is 0 Å². The first-order chi connectivity index (χ1) is 13.5. The van der Waals surface area contributed by atoms with Gasteiger partial charge in [-0.2, -0.15) is 0 Å². The average Bonchev–Trinajstić information content (AvgIpc) is 3.38. The van der Waals surface area contributed by atoms with E-state index in [9.17, 15) is 0 Å². The Labute approximate surface area is 174 Å². The Morgan fingerprint density at radius 1 is 0.571 bits per heavy atom. The van der Waals surface area contributed by atoms with E-state index in [1.54, 1.807) is 9.75 Å². The molecule has 0 saturated carbocycles. The Hall–Kier alpha value is -2.16. The van der Waals surface area contributed by atoms with Crippen LogP contribution in [0.1, 0.15) is 48.6 Å². The highest BCUT2D eigenvalue weighted by atomic mass is 32.1. The van der Waals surface area contributed by atoms with E-state index in [-0.39, 0.29) is 0 Å². The number of fused-ring (bicyclic) bond motifs is 6. The smallest absolute Gasteiger partial charge is 0.0352 e. The van der Waals surface area contributed by atoms with Crippen LogP contribution >= 0.6 is 22.7 Å². The van der Waals surface area contributed by atoms with E-state index in [1.807, 2.05) is 22.7 Å². The quantitative estimate of drug-likeness (QED) is 0.277. The maximum absolute atomic E-state index is 2.25. The molecule has 140 valence electrons. The Bertz CT molecular complexity index is 1190. The lowest BCUT2D eigenvalue weighted by molar-refractivity contribution is 1.23. The topological polar surface area (TPSA) is 0 Å². The van der Waals surface area contributed by atoms with E-state index in [4.69, 9.17) is 0 Å². The van der Waals surface area contributed by atoms with Crippen molar-refractivity contribution in [1.29, 1.82) is 0 Å². The van der Waals surface area contributed by atoms with Crippen LogP contribution in [0.25, 0.3) is 31.3 Å². The summed E-state index contributed by atoms with van der Waals surface area (Å²) in [7, 11) is 0. The van der Waals surface area contributed by atoms with Gasteiger partial charge in [0.25, 0.3) is 0 Å². The van der Waals surface area contributed by atoms with Crippen LogP contribution in [0.4, 0.5) is 0 Å². The van der Waals surface area contributed by atoms with Crippen LogP contribution in [0.15, 0.2) is 59.7 Å². The van der Waals surface area contributed by atoms with Crippen LogP contribution in [0.2, 0.25) is 0 Å². The van der Waals surface area contributed by atoms with Gasteiger partial charge in [0.1, 0.15) is 0 Å². The third kappa shape index (κ3) is 2.70. The minimum Gasteiger partial charge on any atom is -0.139 e. The predicted molar refractivity (Wildman–Crippen MR) is 128 cm³/mol. The van der Waals surface area contributed by atoms with Crippen LogP contribution in [0.5, 0.6) is 0 Å². The Morgan fingerprint density at radius 2 is 0.964 bits per heavy atom. The highest BCUT2D eigenvalue weighted by molar-refractivity contribution is 7.19. The van der Waals surface area contributed by atoms with Crippen LogP contribution in [-0.2, 0) is 12.8 Å². The van der Waals surface area contributed by atoms with Crippen molar-refractivity contribution in [2.24, 2.45) is 0 Å². The summed E-state index contributed by atoms with van der Waals surface area (Å²) in [5.41, 5.74) is 9.11. The lowest BCUT2D eigenvalue weighted by atomic mass is 10.1. The minimum absolute atomic E-state index is 1.17. The number of hydrogen-bond acceptors (Lipinski definition) is 2. The number of benzene rings is 2. The van der Waals surface area contributed by atoms with Crippen molar-refractivity contribution < 1.29 is 0 Å². The first-order valence-corrected chi connectivity index (χ1v) is 11.5. The molecule has 0 bridgehead atoms.